The Morgan fingerprint density at radius 2 is 1.88 bits per heavy atom. The van der Waals surface area contributed by atoms with Gasteiger partial charge in [0.25, 0.3) is 5.91 Å². The van der Waals surface area contributed by atoms with Gasteiger partial charge in [0.05, 0.1) is 41.5 Å². The molecule has 1 atom stereocenters. The Labute approximate surface area is 200 Å². The van der Waals surface area contributed by atoms with Gasteiger partial charge in [-0.2, -0.15) is 0 Å². The number of hydrogen-bond donors (Lipinski definition) is 2. The van der Waals surface area contributed by atoms with Gasteiger partial charge in [-0.25, -0.2) is 9.78 Å². The Hall–Kier alpha value is -4.11. The molecule has 4 rings (SSSR count). The minimum absolute atomic E-state index is 0.276. The molecule has 9 nitrogen and oxygen atoms in total. The topological polar surface area (TPSA) is 115 Å². The molecule has 10 heteroatoms. The fourth-order valence-corrected chi connectivity index (χ4v) is 3.49. The third-order valence-corrected chi connectivity index (χ3v) is 5.33. The number of benzene rings is 2. The van der Waals surface area contributed by atoms with Crippen LogP contribution in [-0.2, 0) is 9.53 Å². The molecule has 0 aliphatic heterocycles. The molecule has 2 heterocycles. The summed E-state index contributed by atoms with van der Waals surface area (Å²) in [5.41, 5.74) is 2.76. The number of nitrogens with zero attached hydrogens (tertiary/aromatic N) is 2. The predicted octanol–water partition coefficient (Wildman–Crippen LogP) is 4.48. The first-order chi connectivity index (χ1) is 16.4. The summed E-state index contributed by atoms with van der Waals surface area (Å²) in [4.78, 5) is 37.1. The highest BCUT2D eigenvalue weighted by atomic mass is 35.5. The number of amides is 1. The van der Waals surface area contributed by atoms with Crippen LogP contribution in [0.1, 0.15) is 17.3 Å². The number of hydrogen-bond acceptors (Lipinski definition) is 7. The smallest absolute Gasteiger partial charge is 0.338 e. The highest BCUT2D eigenvalue weighted by Crippen LogP contribution is 2.36. The van der Waals surface area contributed by atoms with Crippen LogP contribution in [0.25, 0.3) is 22.4 Å². The molecular weight excluding hydrogens is 460 g/mol. The maximum atomic E-state index is 12.7. The number of rotatable bonds is 7. The predicted molar refractivity (Wildman–Crippen MR) is 127 cm³/mol. The van der Waals surface area contributed by atoms with Crippen molar-refractivity contribution in [3.8, 4) is 22.9 Å². The highest BCUT2D eigenvalue weighted by molar-refractivity contribution is 6.32. The van der Waals surface area contributed by atoms with E-state index in [1.165, 1.54) is 27.2 Å². The van der Waals surface area contributed by atoms with Crippen LogP contribution in [0.4, 0.5) is 5.69 Å². The minimum Gasteiger partial charge on any atom is -0.495 e. The average Bonchev–Trinajstić information content (AvgIpc) is 3.28. The largest absolute Gasteiger partial charge is 0.495 e. The summed E-state index contributed by atoms with van der Waals surface area (Å²) in [5.74, 6) is 0.184. The first-order valence-electron chi connectivity index (χ1n) is 10.2. The number of carbonyl (C=O) groups is 2. The van der Waals surface area contributed by atoms with Gasteiger partial charge >= 0.3 is 5.97 Å². The lowest BCUT2D eigenvalue weighted by atomic mass is 10.2. The van der Waals surface area contributed by atoms with E-state index in [0.717, 1.165) is 5.56 Å². The van der Waals surface area contributed by atoms with E-state index in [1.807, 2.05) is 12.1 Å². The number of anilines is 1. The van der Waals surface area contributed by atoms with Crippen molar-refractivity contribution in [2.45, 2.75) is 13.0 Å². The molecule has 2 aromatic heterocycles. The second kappa shape index (κ2) is 9.80. The van der Waals surface area contributed by atoms with Gasteiger partial charge in [-0.3, -0.25) is 9.78 Å². The van der Waals surface area contributed by atoms with Gasteiger partial charge in [0.2, 0.25) is 0 Å². The van der Waals surface area contributed by atoms with E-state index in [0.29, 0.717) is 39.1 Å². The van der Waals surface area contributed by atoms with Gasteiger partial charge in [0.1, 0.15) is 17.3 Å². The maximum absolute atomic E-state index is 12.7. The van der Waals surface area contributed by atoms with Gasteiger partial charge in [-0.05, 0) is 43.3 Å². The molecule has 1 amide bonds. The number of pyridine rings is 1. The maximum Gasteiger partial charge on any atom is 0.338 e. The van der Waals surface area contributed by atoms with E-state index >= 15 is 0 Å². The second-order valence-electron chi connectivity index (χ2n) is 7.28. The molecule has 0 bridgehead atoms. The molecular formula is C24H21ClN4O5. The van der Waals surface area contributed by atoms with Crippen molar-refractivity contribution >= 4 is 40.2 Å². The Balaban J connectivity index is 1.47. The van der Waals surface area contributed by atoms with Crippen LogP contribution >= 0.6 is 11.6 Å². The number of nitrogens with one attached hydrogen (secondary N) is 2. The highest BCUT2D eigenvalue weighted by Gasteiger charge is 2.22. The zero-order valence-electron chi connectivity index (χ0n) is 18.6. The number of H-pyrrole nitrogens is 1. The number of methoxy groups -OCH3 is 2. The SMILES string of the molecule is COc1cc(OC)c(NC(=O)C(C)OC(=O)c2ccc3nc(-c4cccnc4)[nH]c3c2)cc1Cl. The third-order valence-electron chi connectivity index (χ3n) is 5.04. The van der Waals surface area contributed by atoms with E-state index in [2.05, 4.69) is 20.3 Å². The number of carbonyl (C=O) groups excluding carboxylic acids is 2. The van der Waals surface area contributed by atoms with Crippen LogP contribution in [0, 0.1) is 0 Å². The van der Waals surface area contributed by atoms with Crippen molar-refractivity contribution < 1.29 is 23.8 Å². The molecule has 1 unspecified atom stereocenters. The van der Waals surface area contributed by atoms with E-state index in [-0.39, 0.29) is 5.56 Å². The summed E-state index contributed by atoms with van der Waals surface area (Å²) in [7, 11) is 2.92. The van der Waals surface area contributed by atoms with E-state index in [4.69, 9.17) is 25.8 Å². The quantitative estimate of drug-likeness (QED) is 0.375. The van der Waals surface area contributed by atoms with Crippen molar-refractivity contribution in [1.82, 2.24) is 15.0 Å². The van der Waals surface area contributed by atoms with Gasteiger partial charge in [0, 0.05) is 24.0 Å². The monoisotopic (exact) mass is 480 g/mol. The number of fused-ring (bicyclic) bond motifs is 1. The van der Waals surface area contributed by atoms with Gasteiger partial charge in [-0.15, -0.1) is 0 Å². The Morgan fingerprint density at radius 3 is 2.59 bits per heavy atom. The number of ether oxygens (including phenoxy) is 3. The zero-order chi connectivity index (χ0) is 24.2. The lowest BCUT2D eigenvalue weighted by molar-refractivity contribution is -0.123. The number of aromatic nitrogens is 3. The average molecular weight is 481 g/mol. The van der Waals surface area contributed by atoms with Crippen LogP contribution in [0.2, 0.25) is 5.02 Å². The number of esters is 1. The third kappa shape index (κ3) is 4.79. The number of halogens is 1. The van der Waals surface area contributed by atoms with Crippen LogP contribution in [-0.4, -0.2) is 47.2 Å². The van der Waals surface area contributed by atoms with Crippen molar-refractivity contribution in [1.29, 1.82) is 0 Å². The molecule has 4 aromatic rings. The van der Waals surface area contributed by atoms with Crippen LogP contribution in [0.3, 0.4) is 0 Å². The van der Waals surface area contributed by atoms with E-state index < -0.39 is 18.0 Å². The van der Waals surface area contributed by atoms with Gasteiger partial charge < -0.3 is 24.5 Å². The minimum atomic E-state index is -1.08. The molecule has 0 aliphatic carbocycles. The molecule has 0 spiro atoms. The lowest BCUT2D eigenvalue weighted by Crippen LogP contribution is -2.30. The van der Waals surface area contributed by atoms with Crippen molar-refractivity contribution in [3.05, 3.63) is 65.4 Å². The normalized spacial score (nSPS) is 11.6. The summed E-state index contributed by atoms with van der Waals surface area (Å²) >= 11 is 6.15. The molecule has 0 saturated carbocycles. The Bertz CT molecular complexity index is 1360. The summed E-state index contributed by atoms with van der Waals surface area (Å²) < 4.78 is 15.8. The van der Waals surface area contributed by atoms with Crippen LogP contribution in [0.15, 0.2) is 54.9 Å². The molecule has 2 aromatic carbocycles. The number of imidazole rings is 1. The van der Waals surface area contributed by atoms with Crippen molar-refractivity contribution in [3.63, 3.8) is 0 Å². The molecule has 2 N–H and O–H groups in total. The first kappa shape index (κ1) is 23.1. The Morgan fingerprint density at radius 1 is 1.09 bits per heavy atom. The lowest BCUT2D eigenvalue weighted by Gasteiger charge is -2.16. The standard InChI is InChI=1S/C24H21ClN4O5/c1-13(23(30)29-19-10-16(25)20(32-2)11-21(19)33-3)34-24(31)14-6-7-17-18(9-14)28-22(27-17)15-5-4-8-26-12-15/h4-13H,1-3H3,(H,27,28)(H,29,30). The van der Waals surface area contributed by atoms with E-state index in [1.54, 1.807) is 36.7 Å². The molecule has 0 radical (unpaired) electrons. The summed E-state index contributed by atoms with van der Waals surface area (Å²) in [6, 6.07) is 11.7. The fourth-order valence-electron chi connectivity index (χ4n) is 3.25. The second-order valence-corrected chi connectivity index (χ2v) is 7.69. The fraction of sp³-hybridized carbons (Fsp3) is 0.167. The van der Waals surface area contributed by atoms with E-state index in [9.17, 15) is 9.59 Å². The molecule has 0 saturated heterocycles. The van der Waals surface area contributed by atoms with Gasteiger partial charge in [-0.1, -0.05) is 11.6 Å². The zero-order valence-corrected chi connectivity index (χ0v) is 19.3. The number of aromatic amines is 1. The molecule has 34 heavy (non-hydrogen) atoms. The summed E-state index contributed by atoms with van der Waals surface area (Å²) in [5, 5.41) is 2.95. The van der Waals surface area contributed by atoms with Crippen molar-refractivity contribution in [2.24, 2.45) is 0 Å². The summed E-state index contributed by atoms with van der Waals surface area (Å²) in [6.45, 7) is 1.47. The molecule has 0 aliphatic rings. The Kier molecular flexibility index (Phi) is 6.65. The molecule has 0 fully saturated rings. The van der Waals surface area contributed by atoms with Crippen molar-refractivity contribution in [2.75, 3.05) is 19.5 Å². The first-order valence-corrected chi connectivity index (χ1v) is 10.6. The van der Waals surface area contributed by atoms with Crippen LogP contribution in [0.5, 0.6) is 11.5 Å². The van der Waals surface area contributed by atoms with Gasteiger partial charge in [0.15, 0.2) is 6.10 Å². The summed E-state index contributed by atoms with van der Waals surface area (Å²) in [6.07, 6.45) is 2.29. The molecule has 174 valence electrons. The van der Waals surface area contributed by atoms with Crippen LogP contribution < -0.4 is 14.8 Å².